The molecular weight excluding hydrogens is 276 g/mol. The van der Waals surface area contributed by atoms with E-state index in [2.05, 4.69) is 9.50 Å². The lowest BCUT2D eigenvalue weighted by Gasteiger charge is -2.25. The van der Waals surface area contributed by atoms with Gasteiger partial charge in [0.2, 0.25) is 0 Å². The van der Waals surface area contributed by atoms with Crippen molar-refractivity contribution >= 4 is 11.4 Å². The molecule has 5 nitrogen and oxygen atoms in total. The number of likely N-dealkylation sites (tertiary alicyclic amines) is 1. The number of aromatic nitrogens is 3. The first-order valence-electron chi connectivity index (χ1n) is 7.74. The highest BCUT2D eigenvalue weighted by atomic mass is 16.2. The number of carbonyl (C=O) groups excluding carboxylic acids is 1. The molecule has 0 bridgehead atoms. The highest BCUT2D eigenvalue weighted by Gasteiger charge is 2.20. The number of rotatable bonds is 2. The van der Waals surface area contributed by atoms with E-state index in [-0.39, 0.29) is 5.91 Å². The normalized spacial score (nSPS) is 15.4. The summed E-state index contributed by atoms with van der Waals surface area (Å²) < 4.78 is 3.83. The molecule has 0 radical (unpaired) electrons. The Kier molecular flexibility index (Phi) is 3.18. The summed E-state index contributed by atoms with van der Waals surface area (Å²) in [5.41, 5.74) is 1.63. The second-order valence-corrected chi connectivity index (χ2v) is 5.69. The van der Waals surface area contributed by atoms with Crippen LogP contribution in [0, 0.1) is 0 Å². The molecule has 1 amide bonds. The molecule has 4 rings (SSSR count). The standard InChI is InChI=1S/C17H18N4O/c22-17(19-10-3-1-4-11-19)15-9-13-21(18-15)16-8-7-14-6-2-5-12-20(14)16/h2,5-9,12-13H,1,3-4,10-11H2. The molecule has 0 saturated carbocycles. The van der Waals surface area contributed by atoms with E-state index in [9.17, 15) is 4.79 Å². The van der Waals surface area contributed by atoms with Crippen molar-refractivity contribution in [3.8, 4) is 5.82 Å². The molecule has 1 aliphatic rings. The highest BCUT2D eigenvalue weighted by Crippen LogP contribution is 2.16. The second-order valence-electron chi connectivity index (χ2n) is 5.69. The molecule has 22 heavy (non-hydrogen) atoms. The minimum Gasteiger partial charge on any atom is -0.337 e. The lowest BCUT2D eigenvalue weighted by Crippen LogP contribution is -2.35. The van der Waals surface area contributed by atoms with E-state index >= 15 is 0 Å². The fraction of sp³-hybridized carbons (Fsp3) is 0.294. The molecule has 1 saturated heterocycles. The summed E-state index contributed by atoms with van der Waals surface area (Å²) in [7, 11) is 0. The predicted octanol–water partition coefficient (Wildman–Crippen LogP) is 2.75. The number of pyridine rings is 1. The molecular formula is C17H18N4O. The molecule has 0 unspecified atom stereocenters. The van der Waals surface area contributed by atoms with Crippen molar-refractivity contribution in [2.24, 2.45) is 0 Å². The Morgan fingerprint density at radius 2 is 1.82 bits per heavy atom. The summed E-state index contributed by atoms with van der Waals surface area (Å²) in [5, 5.41) is 4.48. The highest BCUT2D eigenvalue weighted by molar-refractivity contribution is 5.92. The number of hydrogen-bond donors (Lipinski definition) is 0. The number of hydrogen-bond acceptors (Lipinski definition) is 2. The molecule has 1 aliphatic heterocycles. The van der Waals surface area contributed by atoms with Crippen LogP contribution in [0.2, 0.25) is 0 Å². The Balaban J connectivity index is 1.65. The molecule has 112 valence electrons. The number of amides is 1. The van der Waals surface area contributed by atoms with Crippen LogP contribution in [0.1, 0.15) is 29.8 Å². The Morgan fingerprint density at radius 1 is 0.955 bits per heavy atom. The van der Waals surface area contributed by atoms with Gasteiger partial charge in [0.1, 0.15) is 5.82 Å². The van der Waals surface area contributed by atoms with Crippen LogP contribution in [0.25, 0.3) is 11.3 Å². The van der Waals surface area contributed by atoms with E-state index in [1.54, 1.807) is 10.7 Å². The summed E-state index contributed by atoms with van der Waals surface area (Å²) in [5.74, 6) is 0.979. The lowest BCUT2D eigenvalue weighted by atomic mass is 10.1. The summed E-state index contributed by atoms with van der Waals surface area (Å²) in [6.07, 6.45) is 7.25. The van der Waals surface area contributed by atoms with Gasteiger partial charge in [0, 0.05) is 31.0 Å². The fourth-order valence-electron chi connectivity index (χ4n) is 3.05. The molecule has 0 aromatic carbocycles. The van der Waals surface area contributed by atoms with Crippen LogP contribution in [-0.4, -0.2) is 38.1 Å². The van der Waals surface area contributed by atoms with Crippen molar-refractivity contribution in [2.75, 3.05) is 13.1 Å². The first kappa shape index (κ1) is 13.1. The summed E-state index contributed by atoms with van der Waals surface area (Å²) >= 11 is 0. The molecule has 0 N–H and O–H groups in total. The number of nitrogens with zero attached hydrogens (tertiary/aromatic N) is 4. The second kappa shape index (κ2) is 5.33. The number of piperidine rings is 1. The molecule has 0 aliphatic carbocycles. The Bertz CT molecular complexity index is 811. The van der Waals surface area contributed by atoms with Crippen molar-refractivity contribution in [1.29, 1.82) is 0 Å². The van der Waals surface area contributed by atoms with Crippen LogP contribution >= 0.6 is 0 Å². The zero-order chi connectivity index (χ0) is 14.9. The maximum Gasteiger partial charge on any atom is 0.274 e. The van der Waals surface area contributed by atoms with Crippen LogP contribution in [0.4, 0.5) is 0 Å². The van der Waals surface area contributed by atoms with E-state index in [0.717, 1.165) is 37.3 Å². The van der Waals surface area contributed by atoms with Gasteiger partial charge >= 0.3 is 0 Å². The number of fused-ring (bicyclic) bond motifs is 1. The van der Waals surface area contributed by atoms with E-state index in [0.29, 0.717) is 5.69 Å². The zero-order valence-corrected chi connectivity index (χ0v) is 12.4. The van der Waals surface area contributed by atoms with Gasteiger partial charge in [0.05, 0.1) is 0 Å². The molecule has 0 spiro atoms. The summed E-state index contributed by atoms with van der Waals surface area (Å²) in [4.78, 5) is 14.4. The third-order valence-electron chi connectivity index (χ3n) is 4.23. The van der Waals surface area contributed by atoms with Crippen molar-refractivity contribution in [3.63, 3.8) is 0 Å². The lowest BCUT2D eigenvalue weighted by molar-refractivity contribution is 0.0718. The van der Waals surface area contributed by atoms with E-state index < -0.39 is 0 Å². The first-order valence-corrected chi connectivity index (χ1v) is 7.74. The third-order valence-corrected chi connectivity index (χ3v) is 4.23. The summed E-state index contributed by atoms with van der Waals surface area (Å²) in [6, 6.07) is 11.9. The molecule has 0 atom stereocenters. The first-order chi connectivity index (χ1) is 10.8. The van der Waals surface area contributed by atoms with Gasteiger partial charge in [-0.3, -0.25) is 4.79 Å². The van der Waals surface area contributed by atoms with Crippen molar-refractivity contribution < 1.29 is 4.79 Å². The molecule has 1 fully saturated rings. The SMILES string of the molecule is O=C(c1ccn(-c2ccc3ccccn23)n1)N1CCCCC1. The molecule has 3 aromatic rings. The van der Waals surface area contributed by atoms with Crippen molar-refractivity contribution in [1.82, 2.24) is 19.1 Å². The van der Waals surface area contributed by atoms with E-state index in [1.165, 1.54) is 6.42 Å². The average Bonchev–Trinajstić information content (AvgIpc) is 3.21. The van der Waals surface area contributed by atoms with Crippen LogP contribution < -0.4 is 0 Å². The van der Waals surface area contributed by atoms with Gasteiger partial charge in [0.15, 0.2) is 5.69 Å². The molecule has 3 aromatic heterocycles. The smallest absolute Gasteiger partial charge is 0.274 e. The van der Waals surface area contributed by atoms with Crippen LogP contribution in [0.15, 0.2) is 48.8 Å². The van der Waals surface area contributed by atoms with Crippen molar-refractivity contribution in [2.45, 2.75) is 19.3 Å². The van der Waals surface area contributed by atoms with Gasteiger partial charge in [-0.05, 0) is 49.6 Å². The van der Waals surface area contributed by atoms with Gasteiger partial charge in [0.25, 0.3) is 5.91 Å². The minimum atomic E-state index is 0.0410. The minimum absolute atomic E-state index is 0.0410. The Morgan fingerprint density at radius 3 is 2.68 bits per heavy atom. The molecule has 5 heteroatoms. The largest absolute Gasteiger partial charge is 0.337 e. The number of carbonyl (C=O) groups is 1. The van der Waals surface area contributed by atoms with Gasteiger partial charge < -0.3 is 9.30 Å². The average molecular weight is 294 g/mol. The van der Waals surface area contributed by atoms with Gasteiger partial charge in [-0.15, -0.1) is 0 Å². The van der Waals surface area contributed by atoms with Crippen LogP contribution in [0.5, 0.6) is 0 Å². The predicted molar refractivity (Wildman–Crippen MR) is 84.3 cm³/mol. The van der Waals surface area contributed by atoms with Gasteiger partial charge in [-0.1, -0.05) is 6.07 Å². The van der Waals surface area contributed by atoms with Gasteiger partial charge in [-0.25, -0.2) is 4.68 Å². The van der Waals surface area contributed by atoms with E-state index in [1.807, 2.05) is 47.6 Å². The maximum atomic E-state index is 12.5. The summed E-state index contributed by atoms with van der Waals surface area (Å²) in [6.45, 7) is 1.69. The topological polar surface area (TPSA) is 42.5 Å². The fourth-order valence-corrected chi connectivity index (χ4v) is 3.05. The third kappa shape index (κ3) is 2.19. The van der Waals surface area contributed by atoms with E-state index in [4.69, 9.17) is 0 Å². The van der Waals surface area contributed by atoms with Gasteiger partial charge in [-0.2, -0.15) is 5.10 Å². The molecule has 4 heterocycles. The van der Waals surface area contributed by atoms with Crippen molar-refractivity contribution in [3.05, 3.63) is 54.5 Å². The Labute approximate surface area is 128 Å². The quantitative estimate of drug-likeness (QED) is 0.729. The monoisotopic (exact) mass is 294 g/mol. The van der Waals surface area contributed by atoms with Crippen LogP contribution in [-0.2, 0) is 0 Å². The van der Waals surface area contributed by atoms with Crippen LogP contribution in [0.3, 0.4) is 0 Å². The maximum absolute atomic E-state index is 12.5. The Hall–Kier alpha value is -2.56. The zero-order valence-electron chi connectivity index (χ0n) is 12.4.